The number of rotatable bonds is 6. The summed E-state index contributed by atoms with van der Waals surface area (Å²) in [7, 11) is 0. The highest BCUT2D eigenvalue weighted by Crippen LogP contribution is 2.41. The zero-order valence-electron chi connectivity index (χ0n) is 17.2. The van der Waals surface area contributed by atoms with Crippen LogP contribution in [0.5, 0.6) is 11.5 Å². The second-order valence-corrected chi connectivity index (χ2v) is 7.14. The van der Waals surface area contributed by atoms with Gasteiger partial charge in [0.05, 0.1) is 18.6 Å². The first-order chi connectivity index (χ1) is 15.5. The van der Waals surface area contributed by atoms with Crippen molar-refractivity contribution in [2.24, 2.45) is 0 Å². The number of aromatic nitrogens is 1. The number of hydrogen-bond acceptors (Lipinski definition) is 6. The average Bonchev–Trinajstić information content (AvgIpc) is 2.78. The fourth-order valence-electron chi connectivity index (χ4n) is 3.68. The molecule has 0 fully saturated rings. The molecule has 8 heteroatoms. The molecule has 1 aromatic heterocycles. The Hall–Kier alpha value is -3.94. The van der Waals surface area contributed by atoms with E-state index in [4.69, 9.17) is 14.2 Å². The number of hydrogen-bond donors (Lipinski definition) is 1. The molecule has 2 aromatic carbocycles. The summed E-state index contributed by atoms with van der Waals surface area (Å²) in [5, 5.41) is 0. The fraction of sp³-hybridized carbons (Fsp3) is 0.208. The molecule has 1 atom stereocenters. The molecule has 0 unspecified atom stereocenters. The van der Waals surface area contributed by atoms with Crippen LogP contribution in [0.25, 0.3) is 0 Å². The minimum atomic E-state index is -0.721. The van der Waals surface area contributed by atoms with Gasteiger partial charge in [-0.25, -0.2) is 9.18 Å². The largest absolute Gasteiger partial charge is 0.488 e. The van der Waals surface area contributed by atoms with E-state index in [1.807, 2.05) is 0 Å². The topological polar surface area (TPSA) is 94.7 Å². The van der Waals surface area contributed by atoms with Gasteiger partial charge in [-0.3, -0.25) is 9.59 Å². The Bertz CT molecular complexity index is 1240. The third-order valence-corrected chi connectivity index (χ3v) is 5.15. The highest BCUT2D eigenvalue weighted by molar-refractivity contribution is 5.94. The first kappa shape index (κ1) is 21.3. The molecular weight excluding hydrogens is 417 g/mol. The number of ether oxygens (including phenoxy) is 3. The van der Waals surface area contributed by atoms with Crippen LogP contribution in [0.3, 0.4) is 0 Å². The maximum Gasteiger partial charge on any atom is 0.343 e. The molecule has 2 heterocycles. The number of fused-ring (bicyclic) bond motifs is 1. The van der Waals surface area contributed by atoms with E-state index in [1.54, 1.807) is 49.4 Å². The van der Waals surface area contributed by atoms with Crippen LogP contribution >= 0.6 is 0 Å². The van der Waals surface area contributed by atoms with Crippen LogP contribution in [-0.2, 0) is 16.1 Å². The smallest absolute Gasteiger partial charge is 0.343 e. The van der Waals surface area contributed by atoms with Crippen molar-refractivity contribution in [1.82, 2.24) is 4.98 Å². The molecule has 7 nitrogen and oxygen atoms in total. The van der Waals surface area contributed by atoms with Gasteiger partial charge in [-0.15, -0.1) is 0 Å². The minimum absolute atomic E-state index is 0.0348. The molecule has 32 heavy (non-hydrogen) atoms. The van der Waals surface area contributed by atoms with Crippen LogP contribution < -0.4 is 15.0 Å². The zero-order valence-corrected chi connectivity index (χ0v) is 17.2. The molecule has 4 rings (SSSR count). The number of H-pyrrole nitrogens is 1. The van der Waals surface area contributed by atoms with E-state index in [-0.39, 0.29) is 36.5 Å². The number of carbonyl (C=O) groups is 2. The lowest BCUT2D eigenvalue weighted by Crippen LogP contribution is -2.30. The van der Waals surface area contributed by atoms with Gasteiger partial charge in [0.25, 0.3) is 5.56 Å². The van der Waals surface area contributed by atoms with Gasteiger partial charge in [-0.1, -0.05) is 36.4 Å². The second-order valence-electron chi connectivity index (χ2n) is 7.14. The molecule has 0 saturated heterocycles. The summed E-state index contributed by atoms with van der Waals surface area (Å²) >= 11 is 0. The summed E-state index contributed by atoms with van der Waals surface area (Å²) in [6, 6.07) is 13.1. The van der Waals surface area contributed by atoms with Crippen molar-refractivity contribution in [2.75, 3.05) is 6.61 Å². The lowest BCUT2D eigenvalue weighted by atomic mass is 9.85. The molecule has 1 aliphatic rings. The number of benzene rings is 2. The highest BCUT2D eigenvalue weighted by atomic mass is 19.1. The van der Waals surface area contributed by atoms with Crippen LogP contribution in [0.4, 0.5) is 4.39 Å². The van der Waals surface area contributed by atoms with Gasteiger partial charge in [0.15, 0.2) is 5.75 Å². The lowest BCUT2D eigenvalue weighted by Gasteiger charge is -2.26. The number of para-hydroxylation sites is 1. The van der Waals surface area contributed by atoms with Gasteiger partial charge in [0.1, 0.15) is 23.7 Å². The van der Waals surface area contributed by atoms with Crippen molar-refractivity contribution in [3.8, 4) is 11.5 Å². The molecule has 0 aliphatic carbocycles. The highest BCUT2D eigenvalue weighted by Gasteiger charge is 2.36. The van der Waals surface area contributed by atoms with Crippen molar-refractivity contribution in [3.63, 3.8) is 0 Å². The molecule has 1 aliphatic heterocycles. The predicted octanol–water partition coefficient (Wildman–Crippen LogP) is 3.71. The van der Waals surface area contributed by atoms with Crippen molar-refractivity contribution in [2.45, 2.75) is 25.9 Å². The maximum absolute atomic E-state index is 14.0. The van der Waals surface area contributed by atoms with E-state index in [0.717, 1.165) is 0 Å². The predicted molar refractivity (Wildman–Crippen MR) is 112 cm³/mol. The van der Waals surface area contributed by atoms with Gasteiger partial charge in [-0.05, 0) is 19.1 Å². The van der Waals surface area contributed by atoms with E-state index in [2.05, 4.69) is 4.98 Å². The van der Waals surface area contributed by atoms with Crippen molar-refractivity contribution >= 4 is 11.9 Å². The van der Waals surface area contributed by atoms with Crippen molar-refractivity contribution in [1.29, 1.82) is 0 Å². The number of esters is 2. The van der Waals surface area contributed by atoms with Gasteiger partial charge in [0, 0.05) is 23.2 Å². The monoisotopic (exact) mass is 437 g/mol. The van der Waals surface area contributed by atoms with Gasteiger partial charge >= 0.3 is 11.9 Å². The van der Waals surface area contributed by atoms with E-state index in [9.17, 15) is 18.8 Å². The summed E-state index contributed by atoms with van der Waals surface area (Å²) in [4.78, 5) is 40.0. The van der Waals surface area contributed by atoms with E-state index in [0.29, 0.717) is 16.9 Å². The Morgan fingerprint density at radius 1 is 1.16 bits per heavy atom. The first-order valence-electron chi connectivity index (χ1n) is 10.1. The third kappa shape index (κ3) is 4.12. The summed E-state index contributed by atoms with van der Waals surface area (Å²) in [5.41, 5.74) is 0.525. The Labute approximate surface area is 182 Å². The summed E-state index contributed by atoms with van der Waals surface area (Å²) < 4.78 is 30.2. The summed E-state index contributed by atoms with van der Waals surface area (Å²) in [6.45, 7) is 1.73. The Balaban J connectivity index is 1.75. The van der Waals surface area contributed by atoms with E-state index < -0.39 is 29.2 Å². The van der Waals surface area contributed by atoms with Crippen LogP contribution in [0, 0.1) is 5.82 Å². The van der Waals surface area contributed by atoms with Crippen LogP contribution in [-0.4, -0.2) is 23.5 Å². The van der Waals surface area contributed by atoms with E-state index >= 15 is 0 Å². The van der Waals surface area contributed by atoms with Gasteiger partial charge in [0.2, 0.25) is 0 Å². The number of aromatic amines is 1. The SMILES string of the molecule is CCOC(=O)c1c[nH]c(=O)c2c1OC(=O)C[C@H]2c1ccccc1OCc1ccccc1F. The van der Waals surface area contributed by atoms with Crippen LogP contribution in [0.2, 0.25) is 0 Å². The Morgan fingerprint density at radius 3 is 2.69 bits per heavy atom. The van der Waals surface area contributed by atoms with Crippen molar-refractivity contribution < 1.29 is 28.2 Å². The number of halogens is 1. The molecule has 164 valence electrons. The second kappa shape index (κ2) is 9.05. The number of nitrogens with one attached hydrogen (secondary N) is 1. The number of carbonyl (C=O) groups excluding carboxylic acids is 2. The third-order valence-electron chi connectivity index (χ3n) is 5.15. The maximum atomic E-state index is 14.0. The normalized spacial score (nSPS) is 14.9. The molecule has 1 N–H and O–H groups in total. The lowest BCUT2D eigenvalue weighted by molar-refractivity contribution is -0.135. The molecule has 0 saturated carbocycles. The Kier molecular flexibility index (Phi) is 6.02. The van der Waals surface area contributed by atoms with E-state index in [1.165, 1.54) is 12.3 Å². The minimum Gasteiger partial charge on any atom is -0.488 e. The first-order valence-corrected chi connectivity index (χ1v) is 10.1. The molecule has 0 bridgehead atoms. The molecule has 0 spiro atoms. The zero-order chi connectivity index (χ0) is 22.7. The fourth-order valence-corrected chi connectivity index (χ4v) is 3.68. The van der Waals surface area contributed by atoms with Crippen molar-refractivity contribution in [3.05, 3.63) is 93.2 Å². The molecule has 0 amide bonds. The number of pyridine rings is 1. The van der Waals surface area contributed by atoms with Gasteiger partial charge in [-0.2, -0.15) is 0 Å². The molecular formula is C24H20FNO6. The average molecular weight is 437 g/mol. The van der Waals surface area contributed by atoms with Crippen LogP contribution in [0.15, 0.2) is 59.5 Å². The summed E-state index contributed by atoms with van der Waals surface area (Å²) in [6.07, 6.45) is 1.05. The van der Waals surface area contributed by atoms with Gasteiger partial charge < -0.3 is 19.2 Å². The summed E-state index contributed by atoms with van der Waals surface area (Å²) in [5.74, 6) is -2.15. The van der Waals surface area contributed by atoms with Crippen LogP contribution in [0.1, 0.15) is 46.3 Å². The Morgan fingerprint density at radius 2 is 1.91 bits per heavy atom. The quantitative estimate of drug-likeness (QED) is 0.591. The molecule has 0 radical (unpaired) electrons. The molecule has 3 aromatic rings. The standard InChI is InChI=1S/C24H20FNO6/c1-2-30-24(29)17-12-26-23(28)21-16(11-20(27)32-22(17)21)15-8-4-6-10-19(15)31-13-14-7-3-5-9-18(14)25/h3-10,12,16H,2,11,13H2,1H3,(H,26,28)/t16-/m0/s1.